The molecular weight excluding hydrogens is 320 g/mol. The van der Waals surface area contributed by atoms with Gasteiger partial charge < -0.3 is 10.2 Å². The van der Waals surface area contributed by atoms with Gasteiger partial charge in [-0.05, 0) is 24.3 Å². The van der Waals surface area contributed by atoms with Gasteiger partial charge in [-0.25, -0.2) is 18.6 Å². The average Bonchev–Trinajstić information content (AvgIpc) is 2.92. The Bertz CT molecular complexity index is 904. The number of nitrogens with zero attached hydrogens (tertiary/aromatic N) is 3. The Morgan fingerprint density at radius 3 is 2.54 bits per heavy atom. The van der Waals surface area contributed by atoms with Crippen LogP contribution in [0.1, 0.15) is 21.6 Å². The second kappa shape index (κ2) is 6.07. The monoisotopic (exact) mass is 331 g/mol. The summed E-state index contributed by atoms with van der Waals surface area (Å²) in [6.07, 6.45) is 1.09. The zero-order valence-corrected chi connectivity index (χ0v) is 12.1. The number of aromatic hydroxyl groups is 1. The third-order valence-electron chi connectivity index (χ3n) is 3.37. The lowest BCUT2D eigenvalue weighted by Crippen LogP contribution is -2.04. The van der Waals surface area contributed by atoms with Crippen LogP contribution in [0.3, 0.4) is 0 Å². The molecule has 6 nitrogen and oxygen atoms in total. The van der Waals surface area contributed by atoms with Crippen molar-refractivity contribution in [3.63, 3.8) is 0 Å². The van der Waals surface area contributed by atoms with E-state index in [4.69, 9.17) is 5.11 Å². The third kappa shape index (κ3) is 2.94. The zero-order valence-electron chi connectivity index (χ0n) is 12.1. The van der Waals surface area contributed by atoms with Crippen LogP contribution < -0.4 is 0 Å². The number of aromatic nitrogens is 3. The van der Waals surface area contributed by atoms with Crippen molar-refractivity contribution >= 4 is 5.97 Å². The summed E-state index contributed by atoms with van der Waals surface area (Å²) in [6, 6.07) is 7.28. The van der Waals surface area contributed by atoms with E-state index in [1.54, 1.807) is 0 Å². The summed E-state index contributed by atoms with van der Waals surface area (Å²) in [5, 5.41) is 23.0. The highest BCUT2D eigenvalue weighted by Gasteiger charge is 2.15. The first kappa shape index (κ1) is 15.6. The molecular formula is C16H11F2N3O3. The van der Waals surface area contributed by atoms with Crippen molar-refractivity contribution in [2.45, 2.75) is 6.42 Å². The Balaban J connectivity index is 1.96. The number of aromatic carboxylic acids is 1. The molecule has 0 fully saturated rings. The number of carbonyl (C=O) groups is 1. The topological polar surface area (TPSA) is 88.2 Å². The minimum atomic E-state index is -1.15. The lowest BCUT2D eigenvalue weighted by atomic mass is 10.1. The minimum Gasteiger partial charge on any atom is -0.493 e. The number of carboxylic acids is 1. The maximum atomic E-state index is 13.7. The molecule has 0 aliphatic carbocycles. The predicted molar refractivity (Wildman–Crippen MR) is 79.1 cm³/mol. The zero-order chi connectivity index (χ0) is 17.3. The highest BCUT2D eigenvalue weighted by atomic mass is 19.1. The molecule has 3 aromatic rings. The van der Waals surface area contributed by atoms with Gasteiger partial charge in [0.05, 0.1) is 11.3 Å². The van der Waals surface area contributed by atoms with E-state index in [2.05, 4.69) is 10.1 Å². The number of halogens is 2. The van der Waals surface area contributed by atoms with Crippen molar-refractivity contribution in [3.8, 4) is 11.7 Å². The van der Waals surface area contributed by atoms with E-state index in [0.29, 0.717) is 0 Å². The standard InChI is InChI=1S/C16H11F2N3O3/c17-12-2-1-3-13(18)11(12)7-10-8-15(22)21(20-10)14-6-9(16(23)24)4-5-19-14/h1-6,8,22H,7H2,(H,23,24). The molecule has 122 valence electrons. The van der Waals surface area contributed by atoms with Gasteiger partial charge in [0.25, 0.3) is 0 Å². The van der Waals surface area contributed by atoms with E-state index < -0.39 is 17.6 Å². The molecule has 0 spiro atoms. The number of benzene rings is 1. The third-order valence-corrected chi connectivity index (χ3v) is 3.37. The molecule has 24 heavy (non-hydrogen) atoms. The fourth-order valence-electron chi connectivity index (χ4n) is 2.22. The molecule has 1 aromatic carbocycles. The fraction of sp³-hybridized carbons (Fsp3) is 0.0625. The van der Waals surface area contributed by atoms with Crippen molar-refractivity contribution < 1.29 is 23.8 Å². The van der Waals surface area contributed by atoms with Gasteiger partial charge in [-0.3, -0.25) is 0 Å². The molecule has 3 rings (SSSR count). The first-order chi connectivity index (χ1) is 11.5. The summed E-state index contributed by atoms with van der Waals surface area (Å²) in [5.41, 5.74) is 0.00465. The summed E-state index contributed by atoms with van der Waals surface area (Å²) in [7, 11) is 0. The Morgan fingerprint density at radius 2 is 1.88 bits per heavy atom. The van der Waals surface area contributed by atoms with E-state index >= 15 is 0 Å². The molecule has 2 N–H and O–H groups in total. The Labute approximate surface area is 134 Å². The normalized spacial score (nSPS) is 10.8. The van der Waals surface area contributed by atoms with Gasteiger partial charge in [0.15, 0.2) is 5.82 Å². The van der Waals surface area contributed by atoms with E-state index in [-0.39, 0.29) is 34.9 Å². The van der Waals surface area contributed by atoms with E-state index in [1.807, 2.05) is 0 Å². The number of rotatable bonds is 4. The number of carboxylic acid groups (broad SMARTS) is 1. The van der Waals surface area contributed by atoms with Crippen LogP contribution in [-0.2, 0) is 6.42 Å². The molecule has 2 aromatic heterocycles. The van der Waals surface area contributed by atoms with E-state index in [1.165, 1.54) is 30.5 Å². The first-order valence-electron chi connectivity index (χ1n) is 6.86. The maximum Gasteiger partial charge on any atom is 0.335 e. The van der Waals surface area contributed by atoms with Gasteiger partial charge in [0.2, 0.25) is 5.88 Å². The van der Waals surface area contributed by atoms with Crippen LogP contribution in [0.15, 0.2) is 42.6 Å². The molecule has 8 heteroatoms. The quantitative estimate of drug-likeness (QED) is 0.767. The summed E-state index contributed by atoms with van der Waals surface area (Å²) in [4.78, 5) is 14.9. The molecule has 0 aliphatic rings. The molecule has 0 saturated carbocycles. The van der Waals surface area contributed by atoms with Crippen LogP contribution in [0.2, 0.25) is 0 Å². The highest BCUT2D eigenvalue weighted by Crippen LogP contribution is 2.21. The van der Waals surface area contributed by atoms with E-state index in [9.17, 15) is 18.7 Å². The number of pyridine rings is 1. The lowest BCUT2D eigenvalue weighted by Gasteiger charge is -2.03. The van der Waals surface area contributed by atoms with Crippen LogP contribution in [0, 0.1) is 11.6 Å². The predicted octanol–water partition coefficient (Wildman–Crippen LogP) is 2.54. The molecule has 0 bridgehead atoms. The lowest BCUT2D eigenvalue weighted by molar-refractivity contribution is 0.0696. The molecule has 0 atom stereocenters. The molecule has 0 unspecified atom stereocenters. The maximum absolute atomic E-state index is 13.7. The van der Waals surface area contributed by atoms with Crippen molar-refractivity contribution in [2.24, 2.45) is 0 Å². The smallest absolute Gasteiger partial charge is 0.335 e. The highest BCUT2D eigenvalue weighted by molar-refractivity contribution is 5.87. The summed E-state index contributed by atoms with van der Waals surface area (Å²) >= 11 is 0. The molecule has 0 aliphatic heterocycles. The second-order valence-electron chi connectivity index (χ2n) is 4.99. The summed E-state index contributed by atoms with van der Waals surface area (Å²) in [6.45, 7) is 0. The Morgan fingerprint density at radius 1 is 1.17 bits per heavy atom. The van der Waals surface area contributed by atoms with Crippen LogP contribution in [0.25, 0.3) is 5.82 Å². The molecule has 0 amide bonds. The van der Waals surface area contributed by atoms with Crippen LogP contribution in [-0.4, -0.2) is 30.9 Å². The van der Waals surface area contributed by atoms with Gasteiger partial charge in [-0.1, -0.05) is 6.07 Å². The molecule has 0 radical (unpaired) electrons. The largest absolute Gasteiger partial charge is 0.493 e. The van der Waals surface area contributed by atoms with Gasteiger partial charge in [-0.2, -0.15) is 9.78 Å². The summed E-state index contributed by atoms with van der Waals surface area (Å²) in [5.74, 6) is -2.83. The van der Waals surface area contributed by atoms with E-state index in [0.717, 1.165) is 16.8 Å². The second-order valence-corrected chi connectivity index (χ2v) is 4.99. The summed E-state index contributed by atoms with van der Waals surface area (Å²) < 4.78 is 28.4. The van der Waals surface area contributed by atoms with Crippen LogP contribution >= 0.6 is 0 Å². The van der Waals surface area contributed by atoms with Gasteiger partial charge >= 0.3 is 5.97 Å². The number of hydrogen-bond acceptors (Lipinski definition) is 4. The SMILES string of the molecule is O=C(O)c1ccnc(-n2nc(Cc3c(F)cccc3F)cc2O)c1. The van der Waals surface area contributed by atoms with Crippen molar-refractivity contribution in [1.29, 1.82) is 0 Å². The minimum absolute atomic E-state index is 0.0309. The van der Waals surface area contributed by atoms with Crippen molar-refractivity contribution in [2.75, 3.05) is 0 Å². The Kier molecular flexibility index (Phi) is 3.95. The first-order valence-corrected chi connectivity index (χ1v) is 6.86. The van der Waals surface area contributed by atoms with Crippen LogP contribution in [0.5, 0.6) is 5.88 Å². The van der Waals surface area contributed by atoms with Gasteiger partial charge in [0, 0.05) is 24.2 Å². The van der Waals surface area contributed by atoms with Crippen molar-refractivity contribution in [3.05, 3.63) is 71.1 Å². The molecule has 2 heterocycles. The molecule has 0 saturated heterocycles. The van der Waals surface area contributed by atoms with Crippen molar-refractivity contribution in [1.82, 2.24) is 14.8 Å². The number of hydrogen-bond donors (Lipinski definition) is 2. The van der Waals surface area contributed by atoms with Gasteiger partial charge in [-0.15, -0.1) is 0 Å². The van der Waals surface area contributed by atoms with Gasteiger partial charge in [0.1, 0.15) is 11.6 Å². The fourth-order valence-corrected chi connectivity index (χ4v) is 2.22. The Hall–Kier alpha value is -3.29. The average molecular weight is 331 g/mol. The van der Waals surface area contributed by atoms with Crippen LogP contribution in [0.4, 0.5) is 8.78 Å².